The number of hydrogen-bond donors (Lipinski definition) is 1. The Bertz CT molecular complexity index is 700. The van der Waals surface area contributed by atoms with Gasteiger partial charge in [0.25, 0.3) is 5.91 Å². The number of carbonyl (C=O) groups is 1. The maximum atomic E-state index is 12.0. The van der Waals surface area contributed by atoms with Gasteiger partial charge in [-0.3, -0.25) is 4.79 Å². The number of ether oxygens (including phenoxy) is 1. The van der Waals surface area contributed by atoms with Gasteiger partial charge in [-0.05, 0) is 65.5 Å². The predicted octanol–water partition coefficient (Wildman–Crippen LogP) is 4.17. The molecule has 0 aliphatic rings. The van der Waals surface area contributed by atoms with Crippen LogP contribution in [0.25, 0.3) is 6.08 Å². The van der Waals surface area contributed by atoms with Gasteiger partial charge in [0, 0.05) is 6.04 Å². The molecule has 1 amide bonds. The van der Waals surface area contributed by atoms with E-state index in [0.717, 1.165) is 15.6 Å². The second-order valence-electron chi connectivity index (χ2n) is 5.38. The first-order valence-electron chi connectivity index (χ1n) is 7.52. The van der Waals surface area contributed by atoms with Gasteiger partial charge in [-0.1, -0.05) is 18.7 Å². The van der Waals surface area contributed by atoms with Crippen LogP contribution in [-0.4, -0.2) is 18.6 Å². The van der Waals surface area contributed by atoms with Crippen LogP contribution in [0.4, 0.5) is 0 Å². The molecule has 126 valence electrons. The van der Waals surface area contributed by atoms with E-state index in [2.05, 4.69) is 34.4 Å². The lowest BCUT2D eigenvalue weighted by atomic mass is 10.0. The van der Waals surface area contributed by atoms with Crippen LogP contribution < -0.4 is 10.1 Å². The van der Waals surface area contributed by atoms with Gasteiger partial charge in [0.2, 0.25) is 0 Å². The summed E-state index contributed by atoms with van der Waals surface area (Å²) in [6.45, 7) is 11.5. The highest BCUT2D eigenvalue weighted by Gasteiger charge is 2.13. The first-order valence-corrected chi connectivity index (χ1v) is 8.31. The normalized spacial score (nSPS) is 10.9. The molecule has 24 heavy (non-hydrogen) atoms. The first-order chi connectivity index (χ1) is 11.4. The van der Waals surface area contributed by atoms with Gasteiger partial charge in [-0.25, -0.2) is 0 Å². The number of hydrogen-bond acceptors (Lipinski definition) is 3. The number of nitriles is 1. The molecule has 0 unspecified atom stereocenters. The summed E-state index contributed by atoms with van der Waals surface area (Å²) in [6, 6.07) is 5.60. The average molecular weight is 389 g/mol. The Morgan fingerprint density at radius 2 is 2.12 bits per heavy atom. The Kier molecular flexibility index (Phi) is 8.00. The van der Waals surface area contributed by atoms with E-state index >= 15 is 0 Å². The van der Waals surface area contributed by atoms with Crippen LogP contribution in [0.2, 0.25) is 0 Å². The van der Waals surface area contributed by atoms with Crippen LogP contribution >= 0.6 is 15.9 Å². The minimum absolute atomic E-state index is 0.0352. The smallest absolute Gasteiger partial charge is 0.262 e. The molecule has 1 aromatic rings. The van der Waals surface area contributed by atoms with Gasteiger partial charge < -0.3 is 10.1 Å². The molecule has 0 spiro atoms. The molecule has 0 heterocycles. The van der Waals surface area contributed by atoms with Gasteiger partial charge in [-0.2, -0.15) is 5.26 Å². The topological polar surface area (TPSA) is 62.1 Å². The lowest BCUT2D eigenvalue weighted by Crippen LogP contribution is -2.30. The zero-order chi connectivity index (χ0) is 18.1. The van der Waals surface area contributed by atoms with E-state index in [9.17, 15) is 10.1 Å². The van der Waals surface area contributed by atoms with Crippen LogP contribution in [0.3, 0.4) is 0 Å². The minimum atomic E-state index is -0.388. The van der Waals surface area contributed by atoms with Crippen molar-refractivity contribution in [1.82, 2.24) is 5.32 Å². The van der Waals surface area contributed by atoms with E-state index in [1.165, 1.54) is 0 Å². The fraction of sp³-hybridized carbons (Fsp3) is 0.263. The monoisotopic (exact) mass is 388 g/mol. The highest BCUT2D eigenvalue weighted by molar-refractivity contribution is 9.10. The van der Waals surface area contributed by atoms with E-state index < -0.39 is 0 Å². The lowest BCUT2D eigenvalue weighted by Gasteiger charge is -2.13. The Balaban J connectivity index is 3.26. The predicted molar refractivity (Wildman–Crippen MR) is 101 cm³/mol. The molecule has 0 saturated carbocycles. The molecule has 0 fully saturated rings. The summed E-state index contributed by atoms with van der Waals surface area (Å²) in [7, 11) is 0. The third-order valence-electron chi connectivity index (χ3n) is 2.95. The molecule has 0 aromatic heterocycles. The summed E-state index contributed by atoms with van der Waals surface area (Å²) < 4.78 is 6.43. The number of amides is 1. The summed E-state index contributed by atoms with van der Waals surface area (Å²) in [6.07, 6.45) is 5.61. The number of halogens is 1. The molecule has 0 saturated heterocycles. The fourth-order valence-electron chi connectivity index (χ4n) is 2.02. The number of rotatable bonds is 8. The number of nitrogens with one attached hydrogen (secondary N) is 1. The number of benzene rings is 1. The van der Waals surface area contributed by atoms with E-state index in [1.54, 1.807) is 18.2 Å². The molecule has 1 rings (SSSR count). The molecule has 1 aromatic carbocycles. The van der Waals surface area contributed by atoms with Gasteiger partial charge in [-0.15, -0.1) is 6.58 Å². The van der Waals surface area contributed by atoms with Crippen molar-refractivity contribution < 1.29 is 9.53 Å². The average Bonchev–Trinajstić information content (AvgIpc) is 2.51. The summed E-state index contributed by atoms with van der Waals surface area (Å²) in [4.78, 5) is 12.0. The molecule has 0 aliphatic carbocycles. The number of carbonyl (C=O) groups excluding carboxylic acids is 1. The van der Waals surface area contributed by atoms with Gasteiger partial charge in [0.15, 0.2) is 0 Å². The Morgan fingerprint density at radius 1 is 1.42 bits per heavy atom. The number of nitrogens with zero attached hydrogens (tertiary/aromatic N) is 1. The van der Waals surface area contributed by atoms with Crippen LogP contribution in [0.5, 0.6) is 5.75 Å². The summed E-state index contributed by atoms with van der Waals surface area (Å²) in [5, 5.41) is 12.0. The molecule has 1 N–H and O–H groups in total. The van der Waals surface area contributed by atoms with Crippen molar-refractivity contribution in [3.8, 4) is 11.8 Å². The molecule has 4 nitrogen and oxygen atoms in total. The Hall–Kier alpha value is -2.32. The van der Waals surface area contributed by atoms with Crippen molar-refractivity contribution >= 4 is 27.9 Å². The second-order valence-corrected chi connectivity index (χ2v) is 6.24. The Labute approximate surface area is 151 Å². The van der Waals surface area contributed by atoms with Crippen molar-refractivity contribution in [2.45, 2.75) is 26.3 Å². The minimum Gasteiger partial charge on any atom is -0.488 e. The van der Waals surface area contributed by atoms with Crippen molar-refractivity contribution in [1.29, 1.82) is 5.26 Å². The van der Waals surface area contributed by atoms with E-state index in [0.29, 0.717) is 18.8 Å². The van der Waals surface area contributed by atoms with E-state index in [1.807, 2.05) is 32.0 Å². The van der Waals surface area contributed by atoms with Crippen molar-refractivity contribution in [2.24, 2.45) is 0 Å². The lowest BCUT2D eigenvalue weighted by molar-refractivity contribution is -0.117. The number of allylic oxidation sites excluding steroid dienone is 1. The van der Waals surface area contributed by atoms with Crippen molar-refractivity contribution in [3.63, 3.8) is 0 Å². The molecular weight excluding hydrogens is 368 g/mol. The maximum absolute atomic E-state index is 12.0. The third kappa shape index (κ3) is 5.71. The van der Waals surface area contributed by atoms with E-state index in [4.69, 9.17) is 4.74 Å². The zero-order valence-corrected chi connectivity index (χ0v) is 15.5. The molecule has 0 radical (unpaired) electrons. The third-order valence-corrected chi connectivity index (χ3v) is 3.54. The standard InChI is InChI=1S/C19H21BrN2O2/c1-5-7-15-9-14(11-17(20)18(15)24-8-6-2)10-16(12-21)19(23)22-13(3)4/h5-6,9-11,13H,1-2,7-8H2,3-4H3,(H,22,23)/b16-10-. The molecule has 0 atom stereocenters. The molecular formula is C19H21BrN2O2. The van der Waals surface area contributed by atoms with Crippen LogP contribution in [0.1, 0.15) is 25.0 Å². The van der Waals surface area contributed by atoms with Crippen LogP contribution in [-0.2, 0) is 11.2 Å². The SMILES string of the molecule is C=CCOc1c(Br)cc(/C=C(/C#N)C(=O)NC(C)C)cc1CC=C. The largest absolute Gasteiger partial charge is 0.488 e. The molecule has 5 heteroatoms. The summed E-state index contributed by atoms with van der Waals surface area (Å²) >= 11 is 3.48. The van der Waals surface area contributed by atoms with Crippen LogP contribution in [0.15, 0.2) is 47.5 Å². The molecule has 0 bridgehead atoms. The summed E-state index contributed by atoms with van der Waals surface area (Å²) in [5.41, 5.74) is 1.70. The van der Waals surface area contributed by atoms with Gasteiger partial charge in [0.1, 0.15) is 24.0 Å². The van der Waals surface area contributed by atoms with Crippen molar-refractivity contribution in [3.05, 3.63) is 58.6 Å². The second kappa shape index (κ2) is 9.74. The van der Waals surface area contributed by atoms with Gasteiger partial charge in [0.05, 0.1) is 4.47 Å². The van der Waals surface area contributed by atoms with Crippen molar-refractivity contribution in [2.75, 3.05) is 6.61 Å². The first kappa shape index (κ1) is 19.7. The summed E-state index contributed by atoms with van der Waals surface area (Å²) in [5.74, 6) is 0.318. The highest BCUT2D eigenvalue weighted by Crippen LogP contribution is 2.32. The van der Waals surface area contributed by atoms with Crippen LogP contribution in [0, 0.1) is 11.3 Å². The van der Waals surface area contributed by atoms with E-state index in [-0.39, 0.29) is 17.5 Å². The fourth-order valence-corrected chi connectivity index (χ4v) is 2.66. The zero-order valence-electron chi connectivity index (χ0n) is 13.9. The molecule has 0 aliphatic heterocycles. The van der Waals surface area contributed by atoms with Gasteiger partial charge >= 0.3 is 0 Å². The maximum Gasteiger partial charge on any atom is 0.262 e. The quantitative estimate of drug-likeness (QED) is 0.412. The highest BCUT2D eigenvalue weighted by atomic mass is 79.9. The Morgan fingerprint density at radius 3 is 2.67 bits per heavy atom.